The van der Waals surface area contributed by atoms with Crippen molar-refractivity contribution >= 4 is 33.6 Å². The Morgan fingerprint density at radius 3 is 0.632 bits per heavy atom. The fraction of sp³-hybridized carbons (Fsp3) is 0.713. The zero-order valence-electron chi connectivity index (χ0n) is 84.9. The van der Waals surface area contributed by atoms with Gasteiger partial charge in [0.15, 0.2) is 6.10 Å². The number of aliphatic hydroxyl groups excluding tert-OH is 2. The first kappa shape index (κ1) is 128. The highest BCUT2D eigenvalue weighted by Gasteiger charge is 2.30. The molecule has 16 nitrogen and oxygen atoms in total. The van der Waals surface area contributed by atoms with E-state index in [9.17, 15) is 43.5 Å². The van der Waals surface area contributed by atoms with Crippen molar-refractivity contribution in [2.45, 2.75) is 489 Å². The number of phosphoric acid groups is 2. The summed E-state index contributed by atoms with van der Waals surface area (Å²) in [4.78, 5) is 59.3. The SMILES string of the molecule is CC/C=C\C/C=C\C/C=C\C/C=C\C/C=C\C/C=C\CCCCCCCCCCC(=O)OC(COC(=O)CCCCCCCCCCCCCCCCCCCCC/C=C\C/C=C\C/C=C\C/C=C\CCCCC)COP(=O)(O)OCC(O)COP(=O)(O)OCC(O)COC(=O)CCCCCCCCCCCCCCCCCCCCC/C=C\C/C=C\C/C=C\C/C=C\C/C=C\CC. The molecular formula is C115H198O16P2. The maximum absolute atomic E-state index is 13.1. The van der Waals surface area contributed by atoms with Gasteiger partial charge in [0.1, 0.15) is 25.4 Å². The lowest BCUT2D eigenvalue weighted by molar-refractivity contribution is -0.161. The number of rotatable bonds is 102. The molecule has 0 saturated heterocycles. The Bertz CT molecular complexity index is 3150. The van der Waals surface area contributed by atoms with Gasteiger partial charge in [0.2, 0.25) is 0 Å². The van der Waals surface area contributed by atoms with Gasteiger partial charge < -0.3 is 34.2 Å². The molecule has 0 radical (unpaired) electrons. The first-order chi connectivity index (χ1) is 65.2. The summed E-state index contributed by atoms with van der Waals surface area (Å²) in [6, 6.07) is 0. The van der Waals surface area contributed by atoms with Crippen molar-refractivity contribution in [2.75, 3.05) is 39.6 Å². The largest absolute Gasteiger partial charge is 0.472 e. The van der Waals surface area contributed by atoms with Gasteiger partial charge in [-0.2, -0.15) is 0 Å². The van der Waals surface area contributed by atoms with Gasteiger partial charge in [-0.15, -0.1) is 0 Å². The molecule has 0 saturated carbocycles. The molecule has 0 spiro atoms. The van der Waals surface area contributed by atoms with Gasteiger partial charge >= 0.3 is 33.6 Å². The predicted octanol–water partition coefficient (Wildman–Crippen LogP) is 34.7. The number of carbonyl (C=O) groups excluding carboxylic acids is 3. The van der Waals surface area contributed by atoms with Crippen molar-refractivity contribution in [2.24, 2.45) is 0 Å². The molecule has 4 N–H and O–H groups in total. The van der Waals surface area contributed by atoms with Gasteiger partial charge in [0.25, 0.3) is 0 Å². The molecule has 5 unspecified atom stereocenters. The molecule has 0 bridgehead atoms. The molecule has 0 fully saturated rings. The van der Waals surface area contributed by atoms with Gasteiger partial charge in [0, 0.05) is 19.3 Å². The second kappa shape index (κ2) is 106. The first-order valence-electron chi connectivity index (χ1n) is 54.1. The van der Waals surface area contributed by atoms with Crippen molar-refractivity contribution in [1.29, 1.82) is 0 Å². The Balaban J connectivity index is 4.58. The van der Waals surface area contributed by atoms with E-state index in [1.807, 2.05) is 0 Å². The van der Waals surface area contributed by atoms with E-state index in [1.165, 1.54) is 238 Å². The van der Waals surface area contributed by atoms with Gasteiger partial charge in [-0.1, -0.05) is 473 Å². The van der Waals surface area contributed by atoms with Crippen LogP contribution in [0.4, 0.5) is 0 Å². The number of allylic oxidation sites excluding steroid dienone is 30. The van der Waals surface area contributed by atoms with E-state index in [0.29, 0.717) is 19.3 Å². The maximum atomic E-state index is 13.1. The lowest BCUT2D eigenvalue weighted by Gasteiger charge is -2.21. The Hall–Kier alpha value is -5.35. The monoisotopic (exact) mass is 1900 g/mol. The molecule has 0 aromatic carbocycles. The van der Waals surface area contributed by atoms with Crippen LogP contribution in [0.3, 0.4) is 0 Å². The van der Waals surface area contributed by atoms with E-state index < -0.39 is 91.5 Å². The molecule has 764 valence electrons. The minimum Gasteiger partial charge on any atom is -0.463 e. The van der Waals surface area contributed by atoms with Gasteiger partial charge in [-0.25, -0.2) is 9.13 Å². The number of unbranched alkanes of at least 4 members (excludes halogenated alkanes) is 49. The summed E-state index contributed by atoms with van der Waals surface area (Å²) in [5, 5.41) is 20.8. The molecule has 0 rings (SSSR count). The van der Waals surface area contributed by atoms with Crippen molar-refractivity contribution < 1.29 is 75.8 Å². The van der Waals surface area contributed by atoms with Crippen molar-refractivity contribution in [1.82, 2.24) is 0 Å². The smallest absolute Gasteiger partial charge is 0.463 e. The van der Waals surface area contributed by atoms with Crippen LogP contribution in [0.25, 0.3) is 0 Å². The normalized spacial score (nSPS) is 14.3. The summed E-state index contributed by atoms with van der Waals surface area (Å²) in [6.45, 7) is 2.50. The Kier molecular flexibility index (Phi) is 101. The van der Waals surface area contributed by atoms with Crippen molar-refractivity contribution in [3.05, 3.63) is 182 Å². The molecule has 0 amide bonds. The molecule has 0 aliphatic rings. The van der Waals surface area contributed by atoms with E-state index in [4.69, 9.17) is 32.3 Å². The van der Waals surface area contributed by atoms with E-state index in [1.54, 1.807) is 0 Å². The zero-order valence-corrected chi connectivity index (χ0v) is 86.7. The summed E-state index contributed by atoms with van der Waals surface area (Å²) >= 11 is 0. The average molecular weight is 1900 g/mol. The number of phosphoric ester groups is 2. The molecule has 0 aliphatic carbocycles. The average Bonchev–Trinajstić information content (AvgIpc) is 0.898. The third kappa shape index (κ3) is 107. The van der Waals surface area contributed by atoms with E-state index in [-0.39, 0.29) is 19.3 Å². The molecule has 0 heterocycles. The highest BCUT2D eigenvalue weighted by atomic mass is 31.2. The summed E-state index contributed by atoms with van der Waals surface area (Å²) in [7, 11) is -9.82. The number of esters is 3. The number of hydrogen-bond acceptors (Lipinski definition) is 14. The third-order valence-electron chi connectivity index (χ3n) is 23.1. The molecule has 5 atom stereocenters. The standard InChI is InChI=1S/C115H198O16P2/c1-4-7-10-13-16-19-22-25-28-31-34-37-40-43-46-48-50-52-54-56-58-60-63-65-68-71-74-77-80-83-86-89-92-95-98-101-113(118)125-104-110(116)105-127-132(121,122)128-106-111(117)107-129-133(123,124)130-109-112(131-115(120)103-100-97-94-91-88-85-82-79-76-73-70-67-62-45-42-39-36-33-30-27-24-21-18-15-12-9-6-3)108-126-114(119)102-99-96-93-90-87-84-81-78-75-72-69-66-64-61-59-57-55-53-51-49-47-44-41-38-35-32-29-26-23-20-17-14-11-8-5-2/h7,9-10,12,16-21,25-30,34-39,43-47,62,70,73,110-112,116-117H,4-6,8,11,13-15,22-24,31-33,40-42,48-61,63-69,71-72,74-109H2,1-3H3,(H,121,122)(H,123,124)/b10-7-,12-9-,19-16-,20-17-,21-18-,28-25-,29-26-,30-27-,37-34-,38-35-,39-36-,46-43-,47-44-,62-45-,73-70-. The van der Waals surface area contributed by atoms with Gasteiger partial charge in [-0.05, 0) is 161 Å². The van der Waals surface area contributed by atoms with Crippen LogP contribution in [0.5, 0.6) is 0 Å². The van der Waals surface area contributed by atoms with Crippen LogP contribution in [0.2, 0.25) is 0 Å². The maximum Gasteiger partial charge on any atom is 0.472 e. The Labute approximate surface area is 815 Å². The fourth-order valence-electron chi connectivity index (χ4n) is 15.0. The van der Waals surface area contributed by atoms with Gasteiger partial charge in [-0.3, -0.25) is 32.5 Å². The number of carbonyl (C=O) groups is 3. The lowest BCUT2D eigenvalue weighted by Crippen LogP contribution is -2.30. The van der Waals surface area contributed by atoms with Crippen LogP contribution < -0.4 is 0 Å². The third-order valence-corrected chi connectivity index (χ3v) is 25.0. The highest BCUT2D eigenvalue weighted by molar-refractivity contribution is 7.47. The van der Waals surface area contributed by atoms with Gasteiger partial charge in [0.05, 0.1) is 26.4 Å². The van der Waals surface area contributed by atoms with E-state index >= 15 is 0 Å². The Morgan fingerprint density at radius 2 is 0.398 bits per heavy atom. The summed E-state index contributed by atoms with van der Waals surface area (Å²) in [5.74, 6) is -1.56. The number of aliphatic hydroxyl groups is 2. The van der Waals surface area contributed by atoms with E-state index in [2.05, 4.69) is 203 Å². The lowest BCUT2D eigenvalue weighted by atomic mass is 10.0. The molecule has 133 heavy (non-hydrogen) atoms. The summed E-state index contributed by atoms with van der Waals surface area (Å²) < 4.78 is 61.8. The fourth-order valence-corrected chi connectivity index (χ4v) is 16.6. The van der Waals surface area contributed by atoms with Crippen molar-refractivity contribution in [3.63, 3.8) is 0 Å². The minimum atomic E-state index is -4.95. The first-order valence-corrected chi connectivity index (χ1v) is 57.1. The highest BCUT2D eigenvalue weighted by Crippen LogP contribution is 2.45. The second-order valence-corrected chi connectivity index (χ2v) is 38.9. The molecule has 0 aliphatic heterocycles. The summed E-state index contributed by atoms with van der Waals surface area (Å²) in [6.07, 6.45) is 141. The minimum absolute atomic E-state index is 0.0917. The molecule has 18 heteroatoms. The summed E-state index contributed by atoms with van der Waals surface area (Å²) in [5.41, 5.74) is 0. The topological polar surface area (TPSA) is 231 Å². The molecule has 0 aromatic heterocycles. The Morgan fingerprint density at radius 1 is 0.218 bits per heavy atom. The van der Waals surface area contributed by atoms with Crippen LogP contribution in [0, 0.1) is 0 Å². The van der Waals surface area contributed by atoms with Crippen LogP contribution in [-0.4, -0.2) is 95.9 Å². The van der Waals surface area contributed by atoms with Crippen molar-refractivity contribution in [3.8, 4) is 0 Å². The predicted molar refractivity (Wildman–Crippen MR) is 565 cm³/mol. The second-order valence-electron chi connectivity index (χ2n) is 36.0. The molecule has 0 aromatic rings. The molecular weight excluding hydrogens is 1700 g/mol. The van der Waals surface area contributed by atoms with Crippen LogP contribution >= 0.6 is 15.6 Å². The quantitative estimate of drug-likeness (QED) is 0.0146. The number of hydrogen-bond donors (Lipinski definition) is 4. The zero-order chi connectivity index (χ0) is 96.4. The number of ether oxygens (including phenoxy) is 3. The van der Waals surface area contributed by atoms with Crippen LogP contribution in [0.1, 0.15) is 470 Å². The van der Waals surface area contributed by atoms with Crippen LogP contribution in [0.15, 0.2) is 182 Å². The van der Waals surface area contributed by atoms with Crippen LogP contribution in [-0.2, 0) is 55.8 Å². The van der Waals surface area contributed by atoms with E-state index in [0.717, 1.165) is 173 Å².